The first kappa shape index (κ1) is 15.8. The Bertz CT molecular complexity index is 313. The third kappa shape index (κ3) is 4.40. The average molecular weight is 269 g/mol. The van der Waals surface area contributed by atoms with E-state index in [2.05, 4.69) is 33.0 Å². The number of hydrogen-bond acceptors (Lipinski definition) is 2. The molecule has 0 aliphatic carbocycles. The van der Waals surface area contributed by atoms with Crippen molar-refractivity contribution in [2.75, 3.05) is 26.2 Å². The van der Waals surface area contributed by atoms with Crippen LogP contribution in [0.3, 0.4) is 0 Å². The predicted octanol–water partition coefficient (Wildman–Crippen LogP) is 1.54. The molecular weight excluding hydrogens is 242 g/mol. The van der Waals surface area contributed by atoms with Gasteiger partial charge in [0.15, 0.2) is 0 Å². The van der Waals surface area contributed by atoms with E-state index >= 15 is 0 Å². The third-order valence-electron chi connectivity index (χ3n) is 3.74. The van der Waals surface area contributed by atoms with Crippen LogP contribution in [-0.2, 0) is 4.79 Å². The van der Waals surface area contributed by atoms with E-state index in [-0.39, 0.29) is 18.0 Å². The van der Waals surface area contributed by atoms with Crippen LogP contribution in [0.15, 0.2) is 0 Å². The molecule has 0 aromatic rings. The summed E-state index contributed by atoms with van der Waals surface area (Å²) in [5.41, 5.74) is 0. The van der Waals surface area contributed by atoms with Gasteiger partial charge in [-0.1, -0.05) is 27.7 Å². The molecule has 1 aliphatic rings. The molecule has 1 aliphatic heterocycles. The highest BCUT2D eigenvalue weighted by molar-refractivity contribution is 5.76. The molecular formula is C14H27N3O2. The molecule has 0 saturated carbocycles. The highest BCUT2D eigenvalue weighted by Crippen LogP contribution is 2.13. The first-order chi connectivity index (χ1) is 8.82. The molecule has 0 unspecified atom stereocenters. The van der Waals surface area contributed by atoms with Gasteiger partial charge in [-0.25, -0.2) is 4.79 Å². The summed E-state index contributed by atoms with van der Waals surface area (Å²) in [6, 6.07) is 0.189. The van der Waals surface area contributed by atoms with Crippen molar-refractivity contribution < 1.29 is 9.59 Å². The number of nitrogens with zero attached hydrogens (tertiary/aromatic N) is 2. The lowest BCUT2D eigenvalue weighted by Crippen LogP contribution is -2.55. The van der Waals surface area contributed by atoms with Crippen molar-refractivity contribution in [3.63, 3.8) is 0 Å². The molecule has 0 bridgehead atoms. The van der Waals surface area contributed by atoms with Gasteiger partial charge in [0, 0.05) is 39.1 Å². The minimum Gasteiger partial charge on any atom is -0.339 e. The lowest BCUT2D eigenvalue weighted by molar-refractivity contribution is -0.130. The molecule has 110 valence electrons. The van der Waals surface area contributed by atoms with Gasteiger partial charge in [0.1, 0.15) is 0 Å². The topological polar surface area (TPSA) is 52.7 Å². The van der Waals surface area contributed by atoms with E-state index in [9.17, 15) is 9.59 Å². The van der Waals surface area contributed by atoms with Gasteiger partial charge >= 0.3 is 6.03 Å². The zero-order valence-corrected chi connectivity index (χ0v) is 12.8. The van der Waals surface area contributed by atoms with Crippen LogP contribution in [0.1, 0.15) is 34.6 Å². The Hall–Kier alpha value is -1.26. The largest absolute Gasteiger partial charge is 0.339 e. The number of carbonyl (C=O) groups excluding carboxylic acids is 2. The van der Waals surface area contributed by atoms with Gasteiger partial charge in [-0.05, 0) is 11.8 Å². The quantitative estimate of drug-likeness (QED) is 0.845. The summed E-state index contributed by atoms with van der Waals surface area (Å²) in [5.74, 6) is 0.923. The Morgan fingerprint density at radius 3 is 1.68 bits per heavy atom. The summed E-state index contributed by atoms with van der Waals surface area (Å²) < 4.78 is 0. The van der Waals surface area contributed by atoms with Crippen LogP contribution in [0.2, 0.25) is 0 Å². The van der Waals surface area contributed by atoms with Gasteiger partial charge in [0.05, 0.1) is 0 Å². The second-order valence-electron chi connectivity index (χ2n) is 5.96. The van der Waals surface area contributed by atoms with Crippen LogP contribution in [-0.4, -0.2) is 54.0 Å². The fourth-order valence-electron chi connectivity index (χ4n) is 2.56. The van der Waals surface area contributed by atoms with E-state index in [1.54, 1.807) is 16.7 Å². The van der Waals surface area contributed by atoms with Crippen molar-refractivity contribution in [2.45, 2.75) is 40.7 Å². The number of hydrogen-bond donors (Lipinski definition) is 1. The fraction of sp³-hybridized carbons (Fsp3) is 0.857. The second kappa shape index (κ2) is 6.78. The molecule has 1 N–H and O–H groups in total. The maximum atomic E-state index is 12.2. The molecule has 5 nitrogen and oxygen atoms in total. The predicted molar refractivity (Wildman–Crippen MR) is 75.8 cm³/mol. The number of amides is 3. The molecule has 0 spiro atoms. The van der Waals surface area contributed by atoms with Crippen molar-refractivity contribution in [1.82, 2.24) is 15.1 Å². The highest BCUT2D eigenvalue weighted by atomic mass is 16.2. The Balaban J connectivity index is 2.49. The Kier molecular flexibility index (Phi) is 5.63. The van der Waals surface area contributed by atoms with E-state index in [4.69, 9.17) is 0 Å². The summed E-state index contributed by atoms with van der Waals surface area (Å²) >= 11 is 0. The maximum Gasteiger partial charge on any atom is 0.317 e. The zero-order valence-electron chi connectivity index (χ0n) is 12.8. The monoisotopic (exact) mass is 269 g/mol. The molecule has 0 aromatic heterocycles. The number of nitrogens with one attached hydrogen (secondary N) is 1. The summed E-state index contributed by atoms with van der Waals surface area (Å²) in [6.07, 6.45) is 0. The van der Waals surface area contributed by atoms with Gasteiger partial charge in [-0.3, -0.25) is 4.79 Å². The Morgan fingerprint density at radius 2 is 1.32 bits per heavy atom. The standard InChI is InChI=1S/C14H27N3O2/c1-10(2)13(11(3)4)15-14(19)17-8-6-16(7-9-17)12(5)18/h10-11,13H,6-9H2,1-5H3,(H,15,19). The summed E-state index contributed by atoms with van der Waals surface area (Å²) in [6.45, 7) is 12.6. The van der Waals surface area contributed by atoms with Gasteiger partial charge in [0.2, 0.25) is 5.91 Å². The van der Waals surface area contributed by atoms with Gasteiger partial charge < -0.3 is 15.1 Å². The lowest BCUT2D eigenvalue weighted by atomic mass is 9.93. The van der Waals surface area contributed by atoms with Crippen molar-refractivity contribution >= 4 is 11.9 Å². The normalized spacial score (nSPS) is 16.4. The maximum absolute atomic E-state index is 12.2. The molecule has 1 rings (SSSR count). The minimum atomic E-state index is -0.00407. The van der Waals surface area contributed by atoms with E-state index in [0.717, 1.165) is 0 Å². The van der Waals surface area contributed by atoms with E-state index in [1.807, 2.05) is 0 Å². The van der Waals surface area contributed by atoms with Crippen LogP contribution in [0.25, 0.3) is 0 Å². The lowest BCUT2D eigenvalue weighted by Gasteiger charge is -2.36. The van der Waals surface area contributed by atoms with Crippen molar-refractivity contribution in [3.05, 3.63) is 0 Å². The Labute approximate surface area is 116 Å². The van der Waals surface area contributed by atoms with Crippen molar-refractivity contribution in [2.24, 2.45) is 11.8 Å². The van der Waals surface area contributed by atoms with Gasteiger partial charge in [0.25, 0.3) is 0 Å². The van der Waals surface area contributed by atoms with E-state index in [1.165, 1.54) is 0 Å². The van der Waals surface area contributed by atoms with Gasteiger partial charge in [-0.15, -0.1) is 0 Å². The molecule has 5 heteroatoms. The molecule has 0 radical (unpaired) electrons. The smallest absolute Gasteiger partial charge is 0.317 e. The van der Waals surface area contributed by atoms with Crippen LogP contribution in [0.4, 0.5) is 4.79 Å². The molecule has 1 saturated heterocycles. The van der Waals surface area contributed by atoms with Crippen LogP contribution in [0.5, 0.6) is 0 Å². The van der Waals surface area contributed by atoms with Crippen LogP contribution >= 0.6 is 0 Å². The first-order valence-electron chi connectivity index (χ1n) is 7.14. The number of rotatable bonds is 3. The molecule has 3 amide bonds. The van der Waals surface area contributed by atoms with E-state index < -0.39 is 0 Å². The molecule has 0 atom stereocenters. The molecule has 1 fully saturated rings. The fourth-order valence-corrected chi connectivity index (χ4v) is 2.56. The first-order valence-corrected chi connectivity index (χ1v) is 7.14. The Morgan fingerprint density at radius 1 is 0.895 bits per heavy atom. The minimum absolute atomic E-state index is 0.00407. The number of carbonyl (C=O) groups is 2. The second-order valence-corrected chi connectivity index (χ2v) is 5.96. The zero-order chi connectivity index (χ0) is 14.6. The molecule has 1 heterocycles. The number of urea groups is 1. The highest BCUT2D eigenvalue weighted by Gasteiger charge is 2.26. The van der Waals surface area contributed by atoms with Crippen LogP contribution in [0, 0.1) is 11.8 Å². The van der Waals surface area contributed by atoms with Crippen LogP contribution < -0.4 is 5.32 Å². The van der Waals surface area contributed by atoms with Crippen molar-refractivity contribution in [1.29, 1.82) is 0 Å². The SMILES string of the molecule is CC(=O)N1CCN(C(=O)NC(C(C)C)C(C)C)CC1. The van der Waals surface area contributed by atoms with E-state index in [0.29, 0.717) is 38.0 Å². The third-order valence-corrected chi connectivity index (χ3v) is 3.74. The summed E-state index contributed by atoms with van der Waals surface area (Å²) in [4.78, 5) is 27.0. The van der Waals surface area contributed by atoms with Crippen molar-refractivity contribution in [3.8, 4) is 0 Å². The average Bonchev–Trinajstić information content (AvgIpc) is 2.34. The molecule has 0 aromatic carbocycles. The number of piperazine rings is 1. The van der Waals surface area contributed by atoms with Gasteiger partial charge in [-0.2, -0.15) is 0 Å². The summed E-state index contributed by atoms with van der Waals surface area (Å²) in [7, 11) is 0. The molecule has 19 heavy (non-hydrogen) atoms. The summed E-state index contributed by atoms with van der Waals surface area (Å²) in [5, 5.41) is 3.11.